The Hall–Kier alpha value is -2.17. The van der Waals surface area contributed by atoms with Crippen LogP contribution in [0, 0.1) is 0 Å². The van der Waals surface area contributed by atoms with Crippen molar-refractivity contribution < 1.29 is 9.53 Å². The van der Waals surface area contributed by atoms with Gasteiger partial charge in [0.1, 0.15) is 0 Å². The molecule has 0 bridgehead atoms. The average molecular weight is 310 g/mol. The first-order chi connectivity index (χ1) is 11.3. The van der Waals surface area contributed by atoms with Crippen molar-refractivity contribution >= 4 is 5.91 Å². The molecule has 0 aliphatic heterocycles. The van der Waals surface area contributed by atoms with Gasteiger partial charge in [0, 0.05) is 32.3 Å². The Morgan fingerprint density at radius 1 is 1.04 bits per heavy atom. The lowest BCUT2D eigenvalue weighted by Gasteiger charge is -2.08. The molecule has 0 heterocycles. The number of ether oxygens (including phenoxy) is 1. The molecule has 120 valence electrons. The number of hydrogen-bond donors (Lipinski definition) is 2. The fourth-order valence-electron chi connectivity index (χ4n) is 2.95. The number of fused-ring (bicyclic) bond motifs is 3. The van der Waals surface area contributed by atoms with Crippen LogP contribution in [0.25, 0.3) is 11.1 Å². The standard InChI is InChI=1S/C19H22N2O2/c1-23-11-10-20-8-9-21-19(22)15-6-7-18-16(13-15)12-14-4-2-3-5-17(14)18/h2-7,13,20H,8-12H2,1H3,(H,21,22). The Balaban J connectivity index is 1.58. The molecule has 0 fully saturated rings. The predicted octanol–water partition coefficient (Wildman–Crippen LogP) is 2.22. The second kappa shape index (κ2) is 7.40. The number of amides is 1. The molecule has 2 aromatic carbocycles. The highest BCUT2D eigenvalue weighted by atomic mass is 16.5. The summed E-state index contributed by atoms with van der Waals surface area (Å²) in [5, 5.41) is 6.15. The van der Waals surface area contributed by atoms with Crippen molar-refractivity contribution in [2.45, 2.75) is 6.42 Å². The van der Waals surface area contributed by atoms with Crippen LogP contribution in [0.5, 0.6) is 0 Å². The van der Waals surface area contributed by atoms with Crippen LogP contribution in [0.4, 0.5) is 0 Å². The van der Waals surface area contributed by atoms with Crippen molar-refractivity contribution in [2.24, 2.45) is 0 Å². The molecule has 0 saturated heterocycles. The van der Waals surface area contributed by atoms with Crippen molar-refractivity contribution in [1.82, 2.24) is 10.6 Å². The van der Waals surface area contributed by atoms with Gasteiger partial charge in [-0.25, -0.2) is 0 Å². The van der Waals surface area contributed by atoms with E-state index in [9.17, 15) is 4.79 Å². The zero-order valence-corrected chi connectivity index (χ0v) is 13.4. The molecule has 3 rings (SSSR count). The van der Waals surface area contributed by atoms with Crippen LogP contribution in [-0.4, -0.2) is 39.3 Å². The molecule has 0 saturated carbocycles. The van der Waals surface area contributed by atoms with E-state index in [2.05, 4.69) is 41.0 Å². The average Bonchev–Trinajstić information content (AvgIpc) is 2.95. The van der Waals surface area contributed by atoms with E-state index in [4.69, 9.17) is 4.74 Å². The van der Waals surface area contributed by atoms with Gasteiger partial charge in [-0.05, 0) is 40.8 Å². The second-order valence-electron chi connectivity index (χ2n) is 5.70. The van der Waals surface area contributed by atoms with E-state index >= 15 is 0 Å². The van der Waals surface area contributed by atoms with Gasteiger partial charge in [0.15, 0.2) is 0 Å². The third-order valence-electron chi connectivity index (χ3n) is 4.13. The molecule has 2 N–H and O–H groups in total. The number of benzene rings is 2. The van der Waals surface area contributed by atoms with Crippen molar-refractivity contribution in [1.29, 1.82) is 0 Å². The second-order valence-corrected chi connectivity index (χ2v) is 5.70. The summed E-state index contributed by atoms with van der Waals surface area (Å²) < 4.78 is 4.96. The zero-order chi connectivity index (χ0) is 16.1. The molecular formula is C19H22N2O2. The summed E-state index contributed by atoms with van der Waals surface area (Å²) in [6.07, 6.45) is 0.908. The molecule has 0 aromatic heterocycles. The SMILES string of the molecule is COCCNCCNC(=O)c1ccc2c(c1)Cc1ccccc1-2. The van der Waals surface area contributed by atoms with Crippen LogP contribution in [0.2, 0.25) is 0 Å². The monoisotopic (exact) mass is 310 g/mol. The molecule has 23 heavy (non-hydrogen) atoms. The fraction of sp³-hybridized carbons (Fsp3) is 0.316. The first-order valence-electron chi connectivity index (χ1n) is 7.98. The van der Waals surface area contributed by atoms with Crippen molar-refractivity contribution in [2.75, 3.05) is 33.4 Å². The minimum absolute atomic E-state index is 0.0164. The molecule has 2 aromatic rings. The van der Waals surface area contributed by atoms with Crippen LogP contribution in [0.3, 0.4) is 0 Å². The largest absolute Gasteiger partial charge is 0.383 e. The van der Waals surface area contributed by atoms with Gasteiger partial charge in [-0.3, -0.25) is 4.79 Å². The van der Waals surface area contributed by atoms with Crippen molar-refractivity contribution in [3.05, 3.63) is 59.2 Å². The lowest BCUT2D eigenvalue weighted by molar-refractivity contribution is 0.0953. The molecule has 0 atom stereocenters. The topological polar surface area (TPSA) is 50.4 Å². The normalized spacial score (nSPS) is 11.9. The first-order valence-corrected chi connectivity index (χ1v) is 7.98. The fourth-order valence-corrected chi connectivity index (χ4v) is 2.95. The van der Waals surface area contributed by atoms with Gasteiger partial charge in [0.2, 0.25) is 0 Å². The highest BCUT2D eigenvalue weighted by molar-refractivity contribution is 5.95. The Bertz CT molecular complexity index is 698. The number of nitrogens with one attached hydrogen (secondary N) is 2. The molecule has 1 aliphatic rings. The number of rotatable bonds is 7. The summed E-state index contributed by atoms with van der Waals surface area (Å²) in [5.74, 6) is -0.0164. The van der Waals surface area contributed by atoms with Crippen molar-refractivity contribution in [3.63, 3.8) is 0 Å². The summed E-state index contributed by atoms with van der Waals surface area (Å²) in [4.78, 5) is 12.2. The van der Waals surface area contributed by atoms with Gasteiger partial charge in [-0.15, -0.1) is 0 Å². The maximum atomic E-state index is 12.2. The maximum Gasteiger partial charge on any atom is 0.251 e. The van der Waals surface area contributed by atoms with Gasteiger partial charge in [-0.1, -0.05) is 30.3 Å². The first kappa shape index (κ1) is 15.7. The molecule has 4 heteroatoms. The van der Waals surface area contributed by atoms with E-state index in [1.807, 2.05) is 12.1 Å². The van der Waals surface area contributed by atoms with Crippen LogP contribution in [0.1, 0.15) is 21.5 Å². The van der Waals surface area contributed by atoms with Crippen LogP contribution in [0.15, 0.2) is 42.5 Å². The summed E-state index contributed by atoms with van der Waals surface area (Å²) in [5.41, 5.74) is 5.84. The van der Waals surface area contributed by atoms with E-state index in [1.54, 1.807) is 7.11 Å². The van der Waals surface area contributed by atoms with Crippen LogP contribution < -0.4 is 10.6 Å². The number of carbonyl (C=O) groups excluding carboxylic acids is 1. The third-order valence-corrected chi connectivity index (χ3v) is 4.13. The Labute approximate surface area is 136 Å². The molecule has 0 radical (unpaired) electrons. The molecule has 1 amide bonds. The summed E-state index contributed by atoms with van der Waals surface area (Å²) >= 11 is 0. The lowest BCUT2D eigenvalue weighted by atomic mass is 10.0. The lowest BCUT2D eigenvalue weighted by Crippen LogP contribution is -2.33. The van der Waals surface area contributed by atoms with E-state index < -0.39 is 0 Å². The minimum Gasteiger partial charge on any atom is -0.383 e. The highest BCUT2D eigenvalue weighted by Crippen LogP contribution is 2.36. The Morgan fingerprint density at radius 3 is 2.74 bits per heavy atom. The van der Waals surface area contributed by atoms with Crippen molar-refractivity contribution in [3.8, 4) is 11.1 Å². The molecule has 4 nitrogen and oxygen atoms in total. The molecular weight excluding hydrogens is 288 g/mol. The summed E-state index contributed by atoms with van der Waals surface area (Å²) in [7, 11) is 1.68. The van der Waals surface area contributed by atoms with Gasteiger partial charge in [0.05, 0.1) is 6.61 Å². The van der Waals surface area contributed by atoms with Crippen LogP contribution >= 0.6 is 0 Å². The van der Waals surface area contributed by atoms with E-state index in [1.165, 1.54) is 22.3 Å². The van der Waals surface area contributed by atoms with Gasteiger partial charge in [-0.2, -0.15) is 0 Å². The Morgan fingerprint density at radius 2 is 1.87 bits per heavy atom. The van der Waals surface area contributed by atoms with Gasteiger partial charge >= 0.3 is 0 Å². The zero-order valence-electron chi connectivity index (χ0n) is 13.4. The van der Waals surface area contributed by atoms with E-state index in [0.717, 1.165) is 25.1 Å². The van der Waals surface area contributed by atoms with Gasteiger partial charge < -0.3 is 15.4 Å². The van der Waals surface area contributed by atoms with E-state index in [-0.39, 0.29) is 5.91 Å². The smallest absolute Gasteiger partial charge is 0.251 e. The minimum atomic E-state index is -0.0164. The summed E-state index contributed by atoms with van der Waals surface area (Å²) in [6.45, 7) is 2.83. The molecule has 0 spiro atoms. The van der Waals surface area contributed by atoms with Gasteiger partial charge in [0.25, 0.3) is 5.91 Å². The predicted molar refractivity (Wildman–Crippen MR) is 91.8 cm³/mol. The highest BCUT2D eigenvalue weighted by Gasteiger charge is 2.19. The third kappa shape index (κ3) is 3.60. The Kier molecular flexibility index (Phi) is 5.05. The van der Waals surface area contributed by atoms with E-state index in [0.29, 0.717) is 13.2 Å². The molecule has 0 unspecified atom stereocenters. The summed E-state index contributed by atoms with van der Waals surface area (Å²) in [6, 6.07) is 14.4. The van der Waals surface area contributed by atoms with Crippen LogP contribution in [-0.2, 0) is 11.2 Å². The number of hydrogen-bond acceptors (Lipinski definition) is 3. The molecule has 1 aliphatic carbocycles. The maximum absolute atomic E-state index is 12.2. The number of carbonyl (C=O) groups is 1. The quantitative estimate of drug-likeness (QED) is 0.658. The number of methoxy groups -OCH3 is 1.